The summed E-state index contributed by atoms with van der Waals surface area (Å²) in [6, 6.07) is 13.9. The lowest BCUT2D eigenvalue weighted by Crippen LogP contribution is -2.48. The molecule has 4 rings (SSSR count). The zero-order valence-electron chi connectivity index (χ0n) is 13.3. The number of benzene rings is 2. The van der Waals surface area contributed by atoms with Gasteiger partial charge in [0.1, 0.15) is 10.1 Å². The van der Waals surface area contributed by atoms with Crippen LogP contribution in [0.1, 0.15) is 0 Å². The Morgan fingerprint density at radius 1 is 0.889 bits per heavy atom. The number of hydrogen-bond acceptors (Lipinski definition) is 4. The Balaban J connectivity index is 2.10. The van der Waals surface area contributed by atoms with E-state index < -0.39 is 27.4 Å². The molecule has 0 unspecified atom stereocenters. The third-order valence-electron chi connectivity index (χ3n) is 3.99. The van der Waals surface area contributed by atoms with Crippen molar-refractivity contribution in [3.8, 4) is 11.4 Å². The molecule has 134 valence electrons. The van der Waals surface area contributed by atoms with E-state index in [-0.39, 0.29) is 11.2 Å². The third-order valence-corrected chi connectivity index (χ3v) is 5.46. The van der Waals surface area contributed by atoms with Crippen LogP contribution >= 0.6 is 45.8 Å². The average Bonchev–Trinajstić information content (AvgIpc) is 2.86. The number of imide groups is 1. The molecule has 1 aromatic heterocycles. The maximum atomic E-state index is 13.2. The van der Waals surface area contributed by atoms with Crippen LogP contribution in [0, 0.1) is 3.57 Å². The topological polar surface area (TPSA) is 72.3 Å². The predicted octanol–water partition coefficient (Wildman–Crippen LogP) is 3.36. The number of rotatable bonds is 2. The van der Waals surface area contributed by atoms with E-state index in [2.05, 4.69) is 27.6 Å². The molecule has 0 fully saturated rings. The van der Waals surface area contributed by atoms with Gasteiger partial charge in [-0.05, 0) is 40.8 Å². The van der Waals surface area contributed by atoms with E-state index in [1.165, 1.54) is 0 Å². The van der Waals surface area contributed by atoms with Crippen molar-refractivity contribution in [2.75, 3.05) is 5.01 Å². The van der Waals surface area contributed by atoms with Crippen LogP contribution in [0.15, 0.2) is 63.4 Å². The second-order valence-electron chi connectivity index (χ2n) is 5.63. The van der Waals surface area contributed by atoms with Crippen molar-refractivity contribution >= 4 is 68.5 Å². The van der Waals surface area contributed by atoms with Crippen LogP contribution in [-0.2, 0) is 9.59 Å². The summed E-state index contributed by atoms with van der Waals surface area (Å²) in [5.41, 5.74) is 0.421. The number of hydrogen-bond donors (Lipinski definition) is 0. The van der Waals surface area contributed by atoms with Gasteiger partial charge in [0, 0.05) is 9.13 Å². The Kier molecular flexibility index (Phi) is 4.53. The predicted molar refractivity (Wildman–Crippen MR) is 111 cm³/mol. The minimum absolute atomic E-state index is 0.131. The Hall–Kier alpha value is -2.23. The molecule has 2 aromatic carbocycles. The van der Waals surface area contributed by atoms with Crippen LogP contribution in [0.2, 0.25) is 0 Å². The molecule has 6 nitrogen and oxygen atoms in total. The molecule has 2 heterocycles. The van der Waals surface area contributed by atoms with Gasteiger partial charge in [0.2, 0.25) is 0 Å². The number of amides is 2. The van der Waals surface area contributed by atoms with E-state index in [0.717, 1.165) is 8.25 Å². The number of fused-ring (bicyclic) bond motifs is 1. The van der Waals surface area contributed by atoms with Gasteiger partial charge in [-0.15, -0.1) is 0 Å². The van der Waals surface area contributed by atoms with Crippen LogP contribution in [0.25, 0.3) is 22.3 Å². The van der Waals surface area contributed by atoms with E-state index in [9.17, 15) is 14.4 Å². The average molecular weight is 512 g/mol. The second-order valence-corrected chi connectivity index (χ2v) is 7.63. The van der Waals surface area contributed by atoms with E-state index in [0.29, 0.717) is 16.1 Å². The summed E-state index contributed by atoms with van der Waals surface area (Å²) in [5.74, 6) is -1.62. The quantitative estimate of drug-likeness (QED) is 0.390. The number of halogens is 3. The summed E-state index contributed by atoms with van der Waals surface area (Å²) in [5, 5.41) is 0.0220. The second kappa shape index (κ2) is 6.74. The highest BCUT2D eigenvalue weighted by atomic mass is 127. The molecule has 0 aliphatic carbocycles. The lowest BCUT2D eigenvalue weighted by molar-refractivity contribution is -0.122. The molecular formula is C18H8Cl2IN3O3. The van der Waals surface area contributed by atoms with Crippen LogP contribution in [0.3, 0.4) is 0 Å². The summed E-state index contributed by atoms with van der Waals surface area (Å²) in [6.45, 7) is 0. The standard InChI is InChI=1S/C18H8Cl2IN3O3/c19-13-14(20)18(27)24(17(13)26)23-15(9-4-2-1-3-5-9)22-12-7-6-10(21)8-11(12)16(23)25/h1-8H. The van der Waals surface area contributed by atoms with Gasteiger partial charge >= 0.3 is 0 Å². The zero-order chi connectivity index (χ0) is 19.3. The third kappa shape index (κ3) is 2.86. The van der Waals surface area contributed by atoms with Crippen LogP contribution in [-0.4, -0.2) is 21.5 Å². The highest BCUT2D eigenvalue weighted by Crippen LogP contribution is 2.28. The van der Waals surface area contributed by atoms with Crippen molar-refractivity contribution < 1.29 is 9.59 Å². The van der Waals surface area contributed by atoms with E-state index in [1.807, 2.05) is 6.07 Å². The van der Waals surface area contributed by atoms with Gasteiger partial charge in [0.05, 0.1) is 10.9 Å². The molecule has 1 aliphatic rings. The van der Waals surface area contributed by atoms with Crippen molar-refractivity contribution in [2.24, 2.45) is 0 Å². The SMILES string of the molecule is O=C1C(Cl)=C(Cl)C(=O)N1n1c(-c2ccccc2)nc2ccc(I)cc2c1=O. The smallest absolute Gasteiger partial charge is 0.267 e. The van der Waals surface area contributed by atoms with Gasteiger partial charge in [-0.25, -0.2) is 4.98 Å². The lowest BCUT2D eigenvalue weighted by atomic mass is 10.2. The first-order valence-corrected chi connectivity index (χ1v) is 9.45. The summed E-state index contributed by atoms with van der Waals surface area (Å²) >= 11 is 13.8. The number of carbonyl (C=O) groups excluding carboxylic acids is 2. The Bertz CT molecular complexity index is 1200. The summed E-state index contributed by atoms with van der Waals surface area (Å²) in [4.78, 5) is 42.8. The minimum Gasteiger partial charge on any atom is -0.267 e. The molecule has 0 saturated heterocycles. The van der Waals surface area contributed by atoms with Crippen molar-refractivity contribution in [3.63, 3.8) is 0 Å². The van der Waals surface area contributed by atoms with Crippen LogP contribution in [0.4, 0.5) is 0 Å². The summed E-state index contributed by atoms with van der Waals surface area (Å²) in [7, 11) is 0. The fourth-order valence-electron chi connectivity index (χ4n) is 2.76. The molecular weight excluding hydrogens is 504 g/mol. The number of aromatic nitrogens is 2. The van der Waals surface area contributed by atoms with Crippen molar-refractivity contribution in [3.05, 3.63) is 72.5 Å². The fraction of sp³-hybridized carbons (Fsp3) is 0. The molecule has 0 radical (unpaired) electrons. The van der Waals surface area contributed by atoms with Gasteiger partial charge in [-0.2, -0.15) is 9.69 Å². The molecule has 0 spiro atoms. The minimum atomic E-state index is -0.877. The Morgan fingerprint density at radius 2 is 1.52 bits per heavy atom. The number of carbonyl (C=O) groups is 2. The van der Waals surface area contributed by atoms with Gasteiger partial charge in [-0.1, -0.05) is 53.5 Å². The highest BCUT2D eigenvalue weighted by Gasteiger charge is 2.40. The first kappa shape index (κ1) is 18.1. The van der Waals surface area contributed by atoms with E-state index in [1.54, 1.807) is 42.5 Å². The van der Waals surface area contributed by atoms with Crippen molar-refractivity contribution in [1.29, 1.82) is 0 Å². The van der Waals surface area contributed by atoms with Crippen LogP contribution in [0.5, 0.6) is 0 Å². The normalized spacial score (nSPS) is 14.6. The van der Waals surface area contributed by atoms with Crippen molar-refractivity contribution in [1.82, 2.24) is 9.66 Å². The maximum Gasteiger partial charge on any atom is 0.293 e. The van der Waals surface area contributed by atoms with E-state index in [4.69, 9.17) is 23.2 Å². The molecule has 0 saturated carbocycles. The summed E-state index contributed by atoms with van der Waals surface area (Å²) in [6.07, 6.45) is 0. The Morgan fingerprint density at radius 3 is 2.15 bits per heavy atom. The monoisotopic (exact) mass is 511 g/mol. The van der Waals surface area contributed by atoms with Gasteiger partial charge in [0.15, 0.2) is 5.82 Å². The Labute approximate surface area is 176 Å². The fourth-order valence-corrected chi connectivity index (χ4v) is 3.57. The van der Waals surface area contributed by atoms with Gasteiger partial charge in [0.25, 0.3) is 17.4 Å². The van der Waals surface area contributed by atoms with Crippen LogP contribution < -0.4 is 10.6 Å². The number of nitrogens with zero attached hydrogens (tertiary/aromatic N) is 3. The van der Waals surface area contributed by atoms with Gasteiger partial charge < -0.3 is 0 Å². The highest BCUT2D eigenvalue weighted by molar-refractivity contribution is 14.1. The first-order valence-electron chi connectivity index (χ1n) is 7.62. The molecule has 2 amide bonds. The molecule has 0 bridgehead atoms. The first-order chi connectivity index (χ1) is 12.9. The zero-order valence-corrected chi connectivity index (χ0v) is 17.0. The van der Waals surface area contributed by atoms with Crippen molar-refractivity contribution in [2.45, 2.75) is 0 Å². The lowest BCUT2D eigenvalue weighted by Gasteiger charge is -2.21. The van der Waals surface area contributed by atoms with Gasteiger partial charge in [-0.3, -0.25) is 14.4 Å². The molecule has 27 heavy (non-hydrogen) atoms. The summed E-state index contributed by atoms with van der Waals surface area (Å²) < 4.78 is 1.74. The molecule has 0 atom stereocenters. The molecule has 9 heteroatoms. The molecule has 1 aliphatic heterocycles. The molecule has 3 aromatic rings. The molecule has 0 N–H and O–H groups in total. The van der Waals surface area contributed by atoms with E-state index >= 15 is 0 Å². The largest absolute Gasteiger partial charge is 0.293 e. The maximum absolute atomic E-state index is 13.2.